The molecule has 0 amide bonds. The lowest BCUT2D eigenvalue weighted by atomic mass is 9.77. The van der Waals surface area contributed by atoms with Crippen molar-refractivity contribution in [2.75, 3.05) is 11.5 Å². The lowest BCUT2D eigenvalue weighted by molar-refractivity contribution is 0.306. The van der Waals surface area contributed by atoms with Crippen LogP contribution in [-0.4, -0.2) is 0 Å². The van der Waals surface area contributed by atoms with Gasteiger partial charge in [-0.1, -0.05) is 49.7 Å². The summed E-state index contributed by atoms with van der Waals surface area (Å²) in [5, 5.41) is 0. The van der Waals surface area contributed by atoms with Gasteiger partial charge in [0.25, 0.3) is 0 Å². The second-order valence-corrected chi connectivity index (χ2v) is 8.57. The lowest BCUT2D eigenvalue weighted by Gasteiger charge is -2.28. The number of nitrogen functional groups attached to an aromatic ring is 2. The summed E-state index contributed by atoms with van der Waals surface area (Å²) in [6.45, 7) is 2.77. The Kier molecular flexibility index (Phi) is 6.27. The average molecular weight is 401 g/mol. The maximum absolute atomic E-state index is 5.90. The molecule has 1 aliphatic rings. The Hall–Kier alpha value is -2.94. The van der Waals surface area contributed by atoms with E-state index in [4.69, 9.17) is 16.2 Å². The Balaban J connectivity index is 1.36. The highest BCUT2D eigenvalue weighted by Crippen LogP contribution is 2.37. The van der Waals surface area contributed by atoms with Gasteiger partial charge in [-0.15, -0.1) is 0 Å². The van der Waals surface area contributed by atoms with E-state index in [1.165, 1.54) is 48.8 Å². The largest absolute Gasteiger partial charge is 0.489 e. The first-order valence-electron chi connectivity index (χ1n) is 11.1. The molecule has 0 heterocycles. The summed E-state index contributed by atoms with van der Waals surface area (Å²) in [5.41, 5.74) is 17.9. The summed E-state index contributed by atoms with van der Waals surface area (Å²) in [5.74, 6) is 2.51. The quantitative estimate of drug-likeness (QED) is 0.448. The summed E-state index contributed by atoms with van der Waals surface area (Å²) < 4.78 is 5.90. The monoisotopic (exact) mass is 400 g/mol. The number of anilines is 2. The van der Waals surface area contributed by atoms with Crippen LogP contribution in [0.2, 0.25) is 0 Å². The summed E-state index contributed by atoms with van der Waals surface area (Å²) in [4.78, 5) is 0. The number of nitrogens with two attached hydrogens (primary N) is 2. The SMILES string of the molecule is CCC1CCC(c2ccc(-c3ccc(OCc4cc(N)cc(N)c4)cc3)cc2)CC1. The number of rotatable bonds is 6. The van der Waals surface area contributed by atoms with E-state index in [2.05, 4.69) is 43.3 Å². The van der Waals surface area contributed by atoms with Gasteiger partial charge < -0.3 is 16.2 Å². The molecule has 1 saturated carbocycles. The molecule has 1 fully saturated rings. The minimum atomic E-state index is 0.448. The van der Waals surface area contributed by atoms with Gasteiger partial charge in [0, 0.05) is 11.4 Å². The van der Waals surface area contributed by atoms with Crippen LogP contribution in [0.15, 0.2) is 66.7 Å². The maximum atomic E-state index is 5.90. The first-order chi connectivity index (χ1) is 14.6. The Labute approximate surface area is 180 Å². The third-order valence-corrected chi connectivity index (χ3v) is 6.44. The van der Waals surface area contributed by atoms with Crippen molar-refractivity contribution in [3.8, 4) is 16.9 Å². The van der Waals surface area contributed by atoms with E-state index < -0.39 is 0 Å². The molecule has 156 valence electrons. The van der Waals surface area contributed by atoms with Gasteiger partial charge in [0.1, 0.15) is 12.4 Å². The summed E-state index contributed by atoms with van der Waals surface area (Å²) in [6.07, 6.45) is 6.77. The van der Waals surface area contributed by atoms with E-state index in [9.17, 15) is 0 Å². The molecule has 4 rings (SSSR count). The molecule has 1 aliphatic carbocycles. The second-order valence-electron chi connectivity index (χ2n) is 8.57. The fourth-order valence-corrected chi connectivity index (χ4v) is 4.59. The van der Waals surface area contributed by atoms with Gasteiger partial charge in [-0.05, 0) is 90.1 Å². The molecule has 0 aliphatic heterocycles. The van der Waals surface area contributed by atoms with Crippen LogP contribution in [0, 0.1) is 5.92 Å². The van der Waals surface area contributed by atoms with Gasteiger partial charge in [-0.25, -0.2) is 0 Å². The number of hydrogen-bond acceptors (Lipinski definition) is 3. The third kappa shape index (κ3) is 4.96. The topological polar surface area (TPSA) is 61.3 Å². The van der Waals surface area contributed by atoms with Crippen LogP contribution >= 0.6 is 0 Å². The van der Waals surface area contributed by atoms with E-state index >= 15 is 0 Å². The van der Waals surface area contributed by atoms with Crippen molar-refractivity contribution in [3.63, 3.8) is 0 Å². The highest BCUT2D eigenvalue weighted by atomic mass is 16.5. The highest BCUT2D eigenvalue weighted by Gasteiger charge is 2.21. The average Bonchev–Trinajstić information content (AvgIpc) is 2.78. The molecule has 0 spiro atoms. The molecule has 0 bridgehead atoms. The number of benzene rings is 3. The maximum Gasteiger partial charge on any atom is 0.119 e. The Morgan fingerprint density at radius 2 is 1.33 bits per heavy atom. The van der Waals surface area contributed by atoms with Crippen LogP contribution in [-0.2, 0) is 6.61 Å². The van der Waals surface area contributed by atoms with Gasteiger partial charge in [-0.2, -0.15) is 0 Å². The van der Waals surface area contributed by atoms with E-state index in [-0.39, 0.29) is 0 Å². The highest BCUT2D eigenvalue weighted by molar-refractivity contribution is 5.64. The summed E-state index contributed by atoms with van der Waals surface area (Å²) >= 11 is 0. The Morgan fingerprint density at radius 1 is 0.767 bits per heavy atom. The summed E-state index contributed by atoms with van der Waals surface area (Å²) in [6, 6.07) is 23.0. The number of hydrogen-bond donors (Lipinski definition) is 2. The van der Waals surface area contributed by atoms with Crippen LogP contribution in [0.3, 0.4) is 0 Å². The van der Waals surface area contributed by atoms with E-state index in [0.29, 0.717) is 18.0 Å². The molecule has 0 radical (unpaired) electrons. The first kappa shape index (κ1) is 20.3. The molecule has 30 heavy (non-hydrogen) atoms. The van der Waals surface area contributed by atoms with Crippen molar-refractivity contribution in [1.29, 1.82) is 0 Å². The zero-order valence-corrected chi connectivity index (χ0v) is 17.8. The molecule has 3 nitrogen and oxygen atoms in total. The van der Waals surface area contributed by atoms with Gasteiger partial charge in [0.15, 0.2) is 0 Å². The fraction of sp³-hybridized carbons (Fsp3) is 0.333. The third-order valence-electron chi connectivity index (χ3n) is 6.44. The lowest BCUT2D eigenvalue weighted by Crippen LogP contribution is -2.12. The van der Waals surface area contributed by atoms with Gasteiger partial charge in [-0.3, -0.25) is 0 Å². The van der Waals surface area contributed by atoms with Crippen molar-refractivity contribution in [2.45, 2.75) is 51.6 Å². The predicted molar refractivity (Wildman–Crippen MR) is 126 cm³/mol. The molecule has 3 heteroatoms. The fourth-order valence-electron chi connectivity index (χ4n) is 4.59. The zero-order chi connectivity index (χ0) is 20.9. The molecule has 3 aromatic carbocycles. The zero-order valence-electron chi connectivity index (χ0n) is 17.8. The molecular weight excluding hydrogens is 368 g/mol. The van der Waals surface area contributed by atoms with Crippen LogP contribution < -0.4 is 16.2 Å². The van der Waals surface area contributed by atoms with Gasteiger partial charge in [0.2, 0.25) is 0 Å². The molecule has 0 atom stereocenters. The molecule has 3 aromatic rings. The van der Waals surface area contributed by atoms with Crippen molar-refractivity contribution >= 4 is 11.4 Å². The second kappa shape index (κ2) is 9.25. The predicted octanol–water partition coefficient (Wildman–Crippen LogP) is 6.78. The minimum absolute atomic E-state index is 0.448. The van der Waals surface area contributed by atoms with Gasteiger partial charge >= 0.3 is 0 Å². The molecule has 0 aromatic heterocycles. The smallest absolute Gasteiger partial charge is 0.119 e. The molecule has 0 saturated heterocycles. The minimum Gasteiger partial charge on any atom is -0.489 e. The first-order valence-corrected chi connectivity index (χ1v) is 11.1. The van der Waals surface area contributed by atoms with Crippen molar-refractivity contribution in [1.82, 2.24) is 0 Å². The Morgan fingerprint density at radius 3 is 1.90 bits per heavy atom. The van der Waals surface area contributed by atoms with Crippen LogP contribution in [0.4, 0.5) is 11.4 Å². The van der Waals surface area contributed by atoms with E-state index in [1.54, 1.807) is 6.07 Å². The van der Waals surface area contributed by atoms with Gasteiger partial charge in [0.05, 0.1) is 0 Å². The van der Waals surface area contributed by atoms with E-state index in [0.717, 1.165) is 23.1 Å². The molecule has 0 unspecified atom stereocenters. The van der Waals surface area contributed by atoms with Crippen molar-refractivity contribution in [2.24, 2.45) is 5.92 Å². The van der Waals surface area contributed by atoms with Crippen molar-refractivity contribution < 1.29 is 4.74 Å². The molecular formula is C27H32N2O. The van der Waals surface area contributed by atoms with E-state index in [1.807, 2.05) is 24.3 Å². The normalized spacial score (nSPS) is 18.8. The van der Waals surface area contributed by atoms with Crippen LogP contribution in [0.1, 0.15) is 56.1 Å². The summed E-state index contributed by atoms with van der Waals surface area (Å²) in [7, 11) is 0. The Bertz CT molecular complexity index is 935. The van der Waals surface area contributed by atoms with Crippen LogP contribution in [0.5, 0.6) is 5.75 Å². The standard InChI is InChI=1S/C27H32N2O/c1-2-19-3-5-21(6-4-19)22-7-9-23(10-8-22)24-11-13-27(14-12-24)30-18-20-15-25(28)17-26(29)16-20/h7-17,19,21H,2-6,18,28-29H2,1H3. The number of ether oxygens (including phenoxy) is 1. The molecule has 4 N–H and O–H groups in total. The van der Waals surface area contributed by atoms with Crippen LogP contribution in [0.25, 0.3) is 11.1 Å². The van der Waals surface area contributed by atoms with Crippen molar-refractivity contribution in [3.05, 3.63) is 77.9 Å².